The van der Waals surface area contributed by atoms with Gasteiger partial charge in [-0.2, -0.15) is 0 Å². The average Bonchev–Trinajstić information content (AvgIpc) is 2.67. The van der Waals surface area contributed by atoms with Crippen molar-refractivity contribution in [3.63, 3.8) is 0 Å². The summed E-state index contributed by atoms with van der Waals surface area (Å²) in [6.45, 7) is 1.50. The Bertz CT molecular complexity index is 1010. The van der Waals surface area contributed by atoms with Crippen molar-refractivity contribution in [3.8, 4) is 0 Å². The van der Waals surface area contributed by atoms with Crippen LogP contribution in [0.4, 0.5) is 8.78 Å². The minimum absolute atomic E-state index is 0.0795. The second-order valence-corrected chi connectivity index (χ2v) is 9.01. The Morgan fingerprint density at radius 2 is 1.79 bits per heavy atom. The van der Waals surface area contributed by atoms with Crippen LogP contribution in [0.25, 0.3) is 0 Å². The number of carbonyl (C=O) groups excluding carboxylic acids is 1. The van der Waals surface area contributed by atoms with Crippen molar-refractivity contribution < 1.29 is 22.0 Å². The van der Waals surface area contributed by atoms with Crippen LogP contribution in [0.2, 0.25) is 0 Å². The Kier molecular flexibility index (Phi) is 6.64. The molecule has 1 aliphatic carbocycles. The fourth-order valence-electron chi connectivity index (χ4n) is 3.50. The Hall–Kier alpha value is -2.32. The van der Waals surface area contributed by atoms with E-state index in [0.29, 0.717) is 0 Å². The number of fused-ring (bicyclic) bond motifs is 1. The van der Waals surface area contributed by atoms with E-state index < -0.39 is 33.6 Å². The van der Waals surface area contributed by atoms with Gasteiger partial charge in [-0.15, -0.1) is 0 Å². The second-order valence-electron chi connectivity index (χ2n) is 7.24. The van der Waals surface area contributed by atoms with Crippen LogP contribution in [0.15, 0.2) is 41.3 Å². The lowest BCUT2D eigenvalue weighted by Crippen LogP contribution is -2.32. The molecule has 0 saturated carbocycles. The number of benzene rings is 2. The molecule has 1 unspecified atom stereocenters. The topological polar surface area (TPSA) is 75.3 Å². The lowest BCUT2D eigenvalue weighted by Gasteiger charge is -2.17. The highest BCUT2D eigenvalue weighted by atomic mass is 32.2. The van der Waals surface area contributed by atoms with E-state index in [0.717, 1.165) is 43.4 Å². The van der Waals surface area contributed by atoms with Gasteiger partial charge in [0.2, 0.25) is 15.9 Å². The van der Waals surface area contributed by atoms with Gasteiger partial charge in [0.25, 0.3) is 0 Å². The van der Waals surface area contributed by atoms with Crippen LogP contribution in [-0.4, -0.2) is 20.9 Å². The monoisotopic (exact) mass is 422 g/mol. The number of halogens is 2. The largest absolute Gasteiger partial charge is 0.349 e. The van der Waals surface area contributed by atoms with Crippen molar-refractivity contribution in [1.82, 2.24) is 10.0 Å². The van der Waals surface area contributed by atoms with Crippen molar-refractivity contribution in [2.75, 3.05) is 6.54 Å². The first-order valence-electron chi connectivity index (χ1n) is 9.62. The zero-order valence-electron chi connectivity index (χ0n) is 16.2. The van der Waals surface area contributed by atoms with Crippen LogP contribution in [0.3, 0.4) is 0 Å². The van der Waals surface area contributed by atoms with Crippen molar-refractivity contribution in [1.29, 1.82) is 0 Å². The maximum Gasteiger partial charge on any atom is 0.240 e. The molecule has 0 spiro atoms. The summed E-state index contributed by atoms with van der Waals surface area (Å²) in [4.78, 5) is 12.3. The normalized spacial score (nSPS) is 14.9. The molecule has 0 aromatic heterocycles. The lowest BCUT2D eigenvalue weighted by atomic mass is 9.92. The highest BCUT2D eigenvalue weighted by molar-refractivity contribution is 7.89. The van der Waals surface area contributed by atoms with Crippen LogP contribution in [0.1, 0.15) is 48.9 Å². The number of amides is 1. The molecule has 3 rings (SSSR count). The van der Waals surface area contributed by atoms with Gasteiger partial charge >= 0.3 is 0 Å². The van der Waals surface area contributed by atoms with Crippen LogP contribution in [-0.2, 0) is 27.7 Å². The molecule has 0 saturated heterocycles. The van der Waals surface area contributed by atoms with E-state index in [2.05, 4.69) is 10.0 Å². The summed E-state index contributed by atoms with van der Waals surface area (Å²) < 4.78 is 54.2. The van der Waals surface area contributed by atoms with Crippen molar-refractivity contribution in [2.45, 2.75) is 50.0 Å². The van der Waals surface area contributed by atoms with E-state index in [-0.39, 0.29) is 23.4 Å². The first-order valence-corrected chi connectivity index (χ1v) is 11.1. The van der Waals surface area contributed by atoms with Crippen LogP contribution in [0, 0.1) is 11.6 Å². The van der Waals surface area contributed by atoms with Crippen LogP contribution >= 0.6 is 0 Å². The SMILES string of the molecule is CC(NC(=O)CCNS(=O)(=O)c1ccc2c(c1)CCCC2)c1ccc(F)cc1F. The average molecular weight is 422 g/mol. The highest BCUT2D eigenvalue weighted by Gasteiger charge is 2.19. The zero-order chi connectivity index (χ0) is 21.0. The van der Waals surface area contributed by atoms with Crippen LogP contribution in [0.5, 0.6) is 0 Å². The Labute approximate surface area is 169 Å². The smallest absolute Gasteiger partial charge is 0.240 e. The number of hydrogen-bond donors (Lipinski definition) is 2. The van der Waals surface area contributed by atoms with Gasteiger partial charge in [-0.3, -0.25) is 4.79 Å². The predicted molar refractivity (Wildman–Crippen MR) is 106 cm³/mol. The van der Waals surface area contributed by atoms with Gasteiger partial charge in [0.15, 0.2) is 0 Å². The number of nitrogens with one attached hydrogen (secondary N) is 2. The molecule has 156 valence electrons. The molecule has 1 amide bonds. The molecule has 2 aromatic rings. The molecule has 2 N–H and O–H groups in total. The highest BCUT2D eigenvalue weighted by Crippen LogP contribution is 2.24. The molecule has 1 aliphatic rings. The summed E-state index contributed by atoms with van der Waals surface area (Å²) in [6, 6.07) is 7.63. The summed E-state index contributed by atoms with van der Waals surface area (Å²) in [6.07, 6.45) is 3.91. The third-order valence-corrected chi connectivity index (χ3v) is 6.54. The standard InChI is InChI=1S/C21H24F2N2O3S/c1-14(19-9-7-17(22)13-20(19)23)25-21(26)10-11-24-29(27,28)18-8-6-15-4-2-3-5-16(15)12-18/h6-9,12-14,24H,2-5,10-11H2,1H3,(H,25,26). The quantitative estimate of drug-likeness (QED) is 0.718. The van der Waals surface area contributed by atoms with Gasteiger partial charge in [0.05, 0.1) is 10.9 Å². The zero-order valence-corrected chi connectivity index (χ0v) is 17.0. The van der Waals surface area contributed by atoms with Gasteiger partial charge in [0.1, 0.15) is 11.6 Å². The van der Waals surface area contributed by atoms with Crippen molar-refractivity contribution in [3.05, 3.63) is 64.7 Å². The van der Waals surface area contributed by atoms with E-state index in [1.165, 1.54) is 11.6 Å². The summed E-state index contributed by atoms with van der Waals surface area (Å²) >= 11 is 0. The van der Waals surface area contributed by atoms with Gasteiger partial charge in [0, 0.05) is 24.6 Å². The number of hydrogen-bond acceptors (Lipinski definition) is 3. The van der Waals surface area contributed by atoms with Crippen molar-refractivity contribution >= 4 is 15.9 Å². The van der Waals surface area contributed by atoms with Gasteiger partial charge < -0.3 is 5.32 Å². The summed E-state index contributed by atoms with van der Waals surface area (Å²) in [5.41, 5.74) is 2.41. The number of aryl methyl sites for hydroxylation is 2. The molecule has 5 nitrogen and oxygen atoms in total. The molecule has 0 radical (unpaired) electrons. The third-order valence-electron chi connectivity index (χ3n) is 5.08. The molecule has 0 heterocycles. The van der Waals surface area contributed by atoms with E-state index >= 15 is 0 Å². The lowest BCUT2D eigenvalue weighted by molar-refractivity contribution is -0.121. The summed E-state index contributed by atoms with van der Waals surface area (Å²) in [5, 5.41) is 2.59. The molecule has 8 heteroatoms. The molecule has 0 fully saturated rings. The second kappa shape index (κ2) is 9.00. The van der Waals surface area contributed by atoms with E-state index in [4.69, 9.17) is 0 Å². The molecule has 29 heavy (non-hydrogen) atoms. The number of rotatable bonds is 7. The summed E-state index contributed by atoms with van der Waals surface area (Å²) in [5.74, 6) is -1.87. The number of carbonyl (C=O) groups is 1. The molecular weight excluding hydrogens is 398 g/mol. The van der Waals surface area contributed by atoms with Gasteiger partial charge in [-0.25, -0.2) is 21.9 Å². The molecular formula is C21H24F2N2O3S. The maximum atomic E-state index is 13.8. The van der Waals surface area contributed by atoms with Crippen molar-refractivity contribution in [2.24, 2.45) is 0 Å². The Morgan fingerprint density at radius 1 is 1.07 bits per heavy atom. The van der Waals surface area contributed by atoms with E-state index in [1.54, 1.807) is 19.1 Å². The molecule has 2 aromatic carbocycles. The molecule has 1 atom stereocenters. The first-order chi connectivity index (χ1) is 13.8. The van der Waals surface area contributed by atoms with Gasteiger partial charge in [-0.1, -0.05) is 12.1 Å². The minimum Gasteiger partial charge on any atom is -0.349 e. The summed E-state index contributed by atoms with van der Waals surface area (Å²) in [7, 11) is -3.71. The third kappa shape index (κ3) is 5.39. The fourth-order valence-corrected chi connectivity index (χ4v) is 4.59. The predicted octanol–water partition coefficient (Wildman–Crippen LogP) is 3.39. The molecule has 0 bridgehead atoms. The Morgan fingerprint density at radius 3 is 2.52 bits per heavy atom. The van der Waals surface area contributed by atoms with E-state index in [9.17, 15) is 22.0 Å². The number of sulfonamides is 1. The fraction of sp³-hybridized carbons (Fsp3) is 0.381. The van der Waals surface area contributed by atoms with Crippen LogP contribution < -0.4 is 10.0 Å². The Balaban J connectivity index is 1.54. The minimum atomic E-state index is -3.71. The van der Waals surface area contributed by atoms with E-state index in [1.807, 2.05) is 6.07 Å². The molecule has 0 aliphatic heterocycles. The first kappa shape index (κ1) is 21.4. The maximum absolute atomic E-state index is 13.8. The van der Waals surface area contributed by atoms with Gasteiger partial charge in [-0.05, 0) is 61.9 Å².